The average Bonchev–Trinajstić information content (AvgIpc) is 3.04. The number of anilines is 1. The summed E-state index contributed by atoms with van der Waals surface area (Å²) in [4.78, 5) is 0. The average molecular weight is 305 g/mol. The van der Waals surface area contributed by atoms with Gasteiger partial charge in [0.15, 0.2) is 11.6 Å². The van der Waals surface area contributed by atoms with Crippen LogP contribution in [0.3, 0.4) is 0 Å². The zero-order valence-electron chi connectivity index (χ0n) is 11.5. The number of aryl methyl sites for hydroxylation is 1. The lowest BCUT2D eigenvalue weighted by Crippen LogP contribution is -1.93. The first kappa shape index (κ1) is 13.6. The number of nitrogens with two attached hydrogens (primary N) is 1. The maximum Gasteiger partial charge on any atom is 0.204 e. The van der Waals surface area contributed by atoms with Crippen LogP contribution in [0.15, 0.2) is 39.5 Å². The highest BCUT2D eigenvalue weighted by atomic mass is 35.5. The number of hydrogen-bond donors (Lipinski definition) is 1. The van der Waals surface area contributed by atoms with Crippen LogP contribution in [-0.2, 0) is 0 Å². The van der Waals surface area contributed by atoms with Crippen molar-refractivity contribution in [2.45, 2.75) is 6.92 Å². The minimum atomic E-state index is 0.221. The standard InChI is InChI=1S/C15H13ClN2O3/c1-8-3-4-11(19-2)10(7-8)12-13(21-18-15(12)17)9-5-6-20-14(9)16/h3-7H,1-2H3,(H2,17,18). The van der Waals surface area contributed by atoms with Crippen molar-refractivity contribution in [3.8, 4) is 28.2 Å². The monoisotopic (exact) mass is 304 g/mol. The summed E-state index contributed by atoms with van der Waals surface area (Å²) in [6, 6.07) is 7.49. The van der Waals surface area contributed by atoms with Crippen molar-refractivity contribution in [3.05, 3.63) is 41.3 Å². The Morgan fingerprint density at radius 2 is 2.05 bits per heavy atom. The number of benzene rings is 1. The normalized spacial score (nSPS) is 10.8. The molecule has 0 saturated heterocycles. The van der Waals surface area contributed by atoms with Crippen molar-refractivity contribution in [2.75, 3.05) is 12.8 Å². The van der Waals surface area contributed by atoms with Crippen molar-refractivity contribution >= 4 is 17.4 Å². The third kappa shape index (κ3) is 2.25. The highest BCUT2D eigenvalue weighted by Gasteiger charge is 2.23. The van der Waals surface area contributed by atoms with Crippen LogP contribution in [0.4, 0.5) is 5.82 Å². The molecular weight excluding hydrogens is 292 g/mol. The summed E-state index contributed by atoms with van der Waals surface area (Å²) in [5, 5.41) is 4.06. The van der Waals surface area contributed by atoms with Crippen LogP contribution in [0.1, 0.15) is 5.56 Å². The Morgan fingerprint density at radius 3 is 2.71 bits per heavy atom. The summed E-state index contributed by atoms with van der Waals surface area (Å²) in [5.74, 6) is 1.40. The van der Waals surface area contributed by atoms with Gasteiger partial charge in [0.25, 0.3) is 0 Å². The van der Waals surface area contributed by atoms with E-state index >= 15 is 0 Å². The molecule has 1 aromatic carbocycles. The summed E-state index contributed by atoms with van der Waals surface area (Å²) in [7, 11) is 1.60. The molecular formula is C15H13ClN2O3. The molecule has 0 aliphatic heterocycles. The number of methoxy groups -OCH3 is 1. The van der Waals surface area contributed by atoms with E-state index in [-0.39, 0.29) is 11.0 Å². The maximum atomic E-state index is 6.02. The van der Waals surface area contributed by atoms with E-state index in [1.54, 1.807) is 13.2 Å². The van der Waals surface area contributed by atoms with Crippen molar-refractivity contribution < 1.29 is 13.7 Å². The summed E-state index contributed by atoms with van der Waals surface area (Å²) in [6.07, 6.45) is 1.48. The molecule has 0 fully saturated rings. The number of nitrogens with zero attached hydrogens (tertiary/aromatic N) is 1. The van der Waals surface area contributed by atoms with Crippen LogP contribution < -0.4 is 10.5 Å². The van der Waals surface area contributed by atoms with Crippen LogP contribution >= 0.6 is 11.6 Å². The fourth-order valence-electron chi connectivity index (χ4n) is 2.22. The molecule has 3 rings (SSSR count). The minimum absolute atomic E-state index is 0.221. The van der Waals surface area contributed by atoms with Gasteiger partial charge in [0.2, 0.25) is 5.22 Å². The molecule has 0 saturated carbocycles. The van der Waals surface area contributed by atoms with E-state index in [1.165, 1.54) is 6.26 Å². The Kier molecular flexibility index (Phi) is 3.35. The van der Waals surface area contributed by atoms with Gasteiger partial charge in [-0.25, -0.2) is 0 Å². The number of hydrogen-bond acceptors (Lipinski definition) is 5. The maximum absolute atomic E-state index is 6.02. The Labute approximate surface area is 126 Å². The lowest BCUT2D eigenvalue weighted by atomic mass is 10.00. The quantitative estimate of drug-likeness (QED) is 0.786. The fourth-order valence-corrected chi connectivity index (χ4v) is 2.42. The third-order valence-electron chi connectivity index (χ3n) is 3.21. The van der Waals surface area contributed by atoms with Gasteiger partial charge in [-0.1, -0.05) is 16.8 Å². The predicted octanol–water partition coefficient (Wildman–Crippen LogP) is 4.15. The molecule has 2 N–H and O–H groups in total. The molecule has 108 valence electrons. The number of furan rings is 1. The molecule has 0 atom stereocenters. The highest BCUT2D eigenvalue weighted by Crippen LogP contribution is 2.43. The van der Waals surface area contributed by atoms with Gasteiger partial charge in [0.1, 0.15) is 5.75 Å². The van der Waals surface area contributed by atoms with E-state index < -0.39 is 0 Å². The first-order valence-corrected chi connectivity index (χ1v) is 6.63. The Balaban J connectivity index is 2.27. The largest absolute Gasteiger partial charge is 0.496 e. The van der Waals surface area contributed by atoms with E-state index in [9.17, 15) is 0 Å². The van der Waals surface area contributed by atoms with Gasteiger partial charge < -0.3 is 19.4 Å². The zero-order chi connectivity index (χ0) is 15.0. The molecule has 0 bridgehead atoms. The number of aromatic nitrogens is 1. The lowest BCUT2D eigenvalue weighted by Gasteiger charge is -2.09. The van der Waals surface area contributed by atoms with E-state index in [1.807, 2.05) is 25.1 Å². The Hall–Kier alpha value is -2.40. The van der Waals surface area contributed by atoms with Crippen molar-refractivity contribution in [1.82, 2.24) is 5.16 Å². The first-order valence-electron chi connectivity index (χ1n) is 6.25. The van der Waals surface area contributed by atoms with Crippen molar-refractivity contribution in [1.29, 1.82) is 0 Å². The lowest BCUT2D eigenvalue weighted by molar-refractivity contribution is 0.416. The molecule has 6 heteroatoms. The predicted molar refractivity (Wildman–Crippen MR) is 80.4 cm³/mol. The topological polar surface area (TPSA) is 74.4 Å². The van der Waals surface area contributed by atoms with Gasteiger partial charge in [0, 0.05) is 5.56 Å². The number of ether oxygens (including phenoxy) is 1. The van der Waals surface area contributed by atoms with E-state index in [2.05, 4.69) is 5.16 Å². The molecule has 0 aliphatic rings. The summed E-state index contributed by atoms with van der Waals surface area (Å²) < 4.78 is 15.8. The second-order valence-corrected chi connectivity index (χ2v) is 4.93. The zero-order valence-corrected chi connectivity index (χ0v) is 12.3. The summed E-state index contributed by atoms with van der Waals surface area (Å²) in [6.45, 7) is 1.98. The van der Waals surface area contributed by atoms with Crippen molar-refractivity contribution in [2.24, 2.45) is 0 Å². The van der Waals surface area contributed by atoms with Gasteiger partial charge in [-0.15, -0.1) is 0 Å². The molecule has 0 spiro atoms. The van der Waals surface area contributed by atoms with Crippen LogP contribution in [-0.4, -0.2) is 12.3 Å². The molecule has 2 aromatic heterocycles. The molecule has 0 unspecified atom stereocenters. The number of nitrogen functional groups attached to an aromatic ring is 1. The fraction of sp³-hybridized carbons (Fsp3) is 0.133. The first-order chi connectivity index (χ1) is 10.1. The molecule has 2 heterocycles. The third-order valence-corrected chi connectivity index (χ3v) is 3.50. The van der Waals surface area contributed by atoms with Crippen LogP contribution in [0, 0.1) is 6.92 Å². The minimum Gasteiger partial charge on any atom is -0.496 e. The second kappa shape index (κ2) is 5.18. The summed E-state index contributed by atoms with van der Waals surface area (Å²) >= 11 is 6.02. The van der Waals surface area contributed by atoms with Crippen molar-refractivity contribution in [3.63, 3.8) is 0 Å². The number of halogens is 1. The van der Waals surface area contributed by atoms with Gasteiger partial charge in [-0.3, -0.25) is 0 Å². The van der Waals surface area contributed by atoms with Crippen LogP contribution in [0.5, 0.6) is 5.75 Å². The molecule has 0 aliphatic carbocycles. The smallest absolute Gasteiger partial charge is 0.204 e. The van der Waals surface area contributed by atoms with Gasteiger partial charge in [-0.2, -0.15) is 0 Å². The summed E-state index contributed by atoms with van der Waals surface area (Å²) in [5.41, 5.74) is 9.06. The molecule has 3 aromatic rings. The highest BCUT2D eigenvalue weighted by molar-refractivity contribution is 6.31. The Morgan fingerprint density at radius 1 is 1.24 bits per heavy atom. The second-order valence-electron chi connectivity index (χ2n) is 4.58. The van der Waals surface area contributed by atoms with Gasteiger partial charge >= 0.3 is 0 Å². The van der Waals surface area contributed by atoms with E-state index in [0.717, 1.165) is 11.1 Å². The van der Waals surface area contributed by atoms with Gasteiger partial charge in [-0.05, 0) is 36.7 Å². The SMILES string of the molecule is COc1ccc(C)cc1-c1c(N)noc1-c1ccoc1Cl. The van der Waals surface area contributed by atoms with E-state index in [4.69, 9.17) is 31.0 Å². The number of rotatable bonds is 3. The molecule has 21 heavy (non-hydrogen) atoms. The van der Waals surface area contributed by atoms with Gasteiger partial charge in [0.05, 0.1) is 24.5 Å². The Bertz CT molecular complexity index is 792. The molecule has 0 radical (unpaired) electrons. The van der Waals surface area contributed by atoms with Crippen LogP contribution in [0.25, 0.3) is 22.5 Å². The molecule has 0 amide bonds. The molecule has 5 nitrogen and oxygen atoms in total. The van der Waals surface area contributed by atoms with Crippen LogP contribution in [0.2, 0.25) is 5.22 Å². The van der Waals surface area contributed by atoms with E-state index in [0.29, 0.717) is 22.6 Å².